The lowest BCUT2D eigenvalue weighted by Crippen LogP contribution is -2.21. The molecule has 0 aliphatic rings. The van der Waals surface area contributed by atoms with Crippen LogP contribution < -0.4 is 4.72 Å². The molecule has 0 amide bonds. The van der Waals surface area contributed by atoms with Gasteiger partial charge in [0.2, 0.25) is 10.0 Å². The normalized spacial score (nSPS) is 11.2. The van der Waals surface area contributed by atoms with Crippen LogP contribution in [0.4, 0.5) is 0 Å². The Hall–Kier alpha value is -1.20. The fourth-order valence-corrected chi connectivity index (χ4v) is 4.07. The molecule has 0 unspecified atom stereocenters. The third-order valence-electron chi connectivity index (χ3n) is 1.97. The smallest absolute Gasteiger partial charge is 0.206 e. The molecule has 2 aromatic rings. The van der Waals surface area contributed by atoms with Crippen molar-refractivity contribution in [2.75, 3.05) is 0 Å². The quantitative estimate of drug-likeness (QED) is 0.935. The van der Waals surface area contributed by atoms with Gasteiger partial charge in [-0.2, -0.15) is 5.26 Å². The van der Waals surface area contributed by atoms with Crippen LogP contribution in [0.15, 0.2) is 33.9 Å². The zero-order valence-corrected chi connectivity index (χ0v) is 11.0. The molecular weight excluding hydrogens is 276 g/mol. The van der Waals surface area contributed by atoms with Crippen LogP contribution in [0, 0.1) is 11.3 Å². The Morgan fingerprint density at radius 2 is 2.18 bits per heavy atom. The van der Waals surface area contributed by atoms with Gasteiger partial charge < -0.3 is 0 Å². The minimum atomic E-state index is -3.50. The van der Waals surface area contributed by atoms with E-state index >= 15 is 0 Å². The lowest BCUT2D eigenvalue weighted by atomic mass is 10.5. The highest BCUT2D eigenvalue weighted by Crippen LogP contribution is 2.21. The van der Waals surface area contributed by atoms with Crippen molar-refractivity contribution in [1.82, 2.24) is 4.72 Å². The van der Waals surface area contributed by atoms with Gasteiger partial charge in [-0.1, -0.05) is 6.07 Å². The van der Waals surface area contributed by atoms with Crippen LogP contribution in [0.5, 0.6) is 0 Å². The van der Waals surface area contributed by atoms with Crippen molar-refractivity contribution < 1.29 is 8.42 Å². The Kier molecular flexibility index (Phi) is 3.59. The summed E-state index contributed by atoms with van der Waals surface area (Å²) >= 11 is 2.46. The molecule has 2 heterocycles. The lowest BCUT2D eigenvalue weighted by molar-refractivity contribution is 0.584. The highest BCUT2D eigenvalue weighted by Gasteiger charge is 2.16. The number of nitriles is 1. The van der Waals surface area contributed by atoms with E-state index in [-0.39, 0.29) is 10.8 Å². The summed E-state index contributed by atoms with van der Waals surface area (Å²) in [4.78, 5) is 1.34. The van der Waals surface area contributed by atoms with Crippen LogP contribution in [0.1, 0.15) is 9.75 Å². The minimum absolute atomic E-state index is 0.172. The third-order valence-corrected chi connectivity index (χ3v) is 5.73. The maximum atomic E-state index is 11.9. The fourth-order valence-electron chi connectivity index (χ4n) is 1.18. The molecule has 4 nitrogen and oxygen atoms in total. The Labute approximate surface area is 107 Å². The average Bonchev–Trinajstić information content (AvgIpc) is 2.98. The molecule has 0 saturated heterocycles. The number of rotatable bonds is 4. The second kappa shape index (κ2) is 4.98. The number of nitrogens with one attached hydrogen (secondary N) is 1. The number of hydrogen-bond acceptors (Lipinski definition) is 5. The summed E-state index contributed by atoms with van der Waals surface area (Å²) in [6.07, 6.45) is 0. The first-order valence-corrected chi connectivity index (χ1v) is 7.82. The summed E-state index contributed by atoms with van der Waals surface area (Å²) in [6, 6.07) is 8.60. The molecular formula is C10H8N2O2S3. The summed E-state index contributed by atoms with van der Waals surface area (Å²) in [6.45, 7) is 0.278. The van der Waals surface area contributed by atoms with Crippen LogP contribution >= 0.6 is 22.7 Å². The minimum Gasteiger partial charge on any atom is -0.206 e. The molecule has 0 radical (unpaired) electrons. The predicted octanol–water partition coefficient (Wildman–Crippen LogP) is 2.16. The monoisotopic (exact) mass is 284 g/mol. The van der Waals surface area contributed by atoms with Gasteiger partial charge in [0, 0.05) is 11.4 Å². The van der Waals surface area contributed by atoms with Crippen LogP contribution in [-0.2, 0) is 16.6 Å². The van der Waals surface area contributed by atoms with E-state index in [2.05, 4.69) is 4.72 Å². The van der Waals surface area contributed by atoms with Crippen molar-refractivity contribution in [3.05, 3.63) is 39.4 Å². The Morgan fingerprint density at radius 1 is 1.35 bits per heavy atom. The van der Waals surface area contributed by atoms with Crippen LogP contribution in [0.3, 0.4) is 0 Å². The van der Waals surface area contributed by atoms with E-state index in [9.17, 15) is 8.42 Å². The average molecular weight is 284 g/mol. The second-order valence-electron chi connectivity index (χ2n) is 3.13. The first-order chi connectivity index (χ1) is 8.12. The summed E-state index contributed by atoms with van der Waals surface area (Å²) < 4.78 is 26.4. The number of sulfonamides is 1. The largest absolute Gasteiger partial charge is 0.250 e. The van der Waals surface area contributed by atoms with Crippen molar-refractivity contribution >= 4 is 32.7 Å². The summed E-state index contributed by atoms with van der Waals surface area (Å²) in [7, 11) is -3.50. The van der Waals surface area contributed by atoms with Crippen molar-refractivity contribution in [3.8, 4) is 6.07 Å². The number of hydrogen-bond donors (Lipinski definition) is 1. The maximum absolute atomic E-state index is 11.9. The highest BCUT2D eigenvalue weighted by atomic mass is 32.2. The first-order valence-electron chi connectivity index (χ1n) is 4.64. The Bertz CT molecular complexity index is 635. The summed E-state index contributed by atoms with van der Waals surface area (Å²) in [5.41, 5.74) is 0. The second-order valence-corrected chi connectivity index (χ2v) is 7.24. The van der Waals surface area contributed by atoms with Gasteiger partial charge in [0.1, 0.15) is 15.2 Å². The van der Waals surface area contributed by atoms with Crippen molar-refractivity contribution in [3.63, 3.8) is 0 Å². The van der Waals surface area contributed by atoms with E-state index in [1.807, 2.05) is 23.6 Å². The van der Waals surface area contributed by atoms with Crippen LogP contribution in [-0.4, -0.2) is 8.42 Å². The molecule has 0 saturated carbocycles. The van der Waals surface area contributed by atoms with E-state index < -0.39 is 10.0 Å². The van der Waals surface area contributed by atoms with Gasteiger partial charge in [0.05, 0.1) is 0 Å². The zero-order chi connectivity index (χ0) is 12.3. The van der Waals surface area contributed by atoms with E-state index in [4.69, 9.17) is 5.26 Å². The van der Waals surface area contributed by atoms with E-state index in [1.165, 1.54) is 23.5 Å². The fraction of sp³-hybridized carbons (Fsp3) is 0.100. The van der Waals surface area contributed by atoms with Gasteiger partial charge in [-0.25, -0.2) is 13.1 Å². The highest BCUT2D eigenvalue weighted by molar-refractivity contribution is 7.91. The molecule has 0 aliphatic heterocycles. The van der Waals surface area contributed by atoms with Gasteiger partial charge in [-0.05, 0) is 23.6 Å². The molecule has 0 aromatic carbocycles. The molecule has 7 heteroatoms. The summed E-state index contributed by atoms with van der Waals surface area (Å²) in [5, 5.41) is 10.5. The molecule has 0 atom stereocenters. The standard InChI is InChI=1S/C10H8N2O2S3/c11-6-8-3-4-10(16-8)17(13,14)12-7-9-2-1-5-15-9/h1-5,12H,7H2. The SMILES string of the molecule is N#Cc1ccc(S(=O)(=O)NCc2cccs2)s1. The number of nitrogens with zero attached hydrogens (tertiary/aromatic N) is 1. The molecule has 17 heavy (non-hydrogen) atoms. The van der Waals surface area contributed by atoms with E-state index in [0.717, 1.165) is 16.2 Å². The third kappa shape index (κ3) is 2.92. The molecule has 88 valence electrons. The van der Waals surface area contributed by atoms with Gasteiger partial charge in [0.25, 0.3) is 0 Å². The Morgan fingerprint density at radius 3 is 2.76 bits per heavy atom. The van der Waals surface area contributed by atoms with Crippen LogP contribution in [0.25, 0.3) is 0 Å². The van der Waals surface area contributed by atoms with Crippen LogP contribution in [0.2, 0.25) is 0 Å². The predicted molar refractivity (Wildman–Crippen MR) is 67.4 cm³/mol. The Balaban J connectivity index is 2.11. The van der Waals surface area contributed by atoms with E-state index in [1.54, 1.807) is 0 Å². The molecule has 0 bridgehead atoms. The summed E-state index contributed by atoms with van der Waals surface area (Å²) in [5.74, 6) is 0. The van der Waals surface area contributed by atoms with Gasteiger partial charge in [-0.15, -0.1) is 22.7 Å². The molecule has 0 aliphatic carbocycles. The number of thiophene rings is 2. The molecule has 1 N–H and O–H groups in total. The van der Waals surface area contributed by atoms with Gasteiger partial charge in [0.15, 0.2) is 0 Å². The van der Waals surface area contributed by atoms with Crippen molar-refractivity contribution in [2.24, 2.45) is 0 Å². The van der Waals surface area contributed by atoms with Gasteiger partial charge >= 0.3 is 0 Å². The van der Waals surface area contributed by atoms with E-state index in [0.29, 0.717) is 4.88 Å². The molecule has 2 aromatic heterocycles. The maximum Gasteiger partial charge on any atom is 0.250 e. The zero-order valence-electron chi connectivity index (χ0n) is 8.58. The van der Waals surface area contributed by atoms with Gasteiger partial charge in [-0.3, -0.25) is 0 Å². The molecule has 0 spiro atoms. The topological polar surface area (TPSA) is 70.0 Å². The lowest BCUT2D eigenvalue weighted by Gasteiger charge is -2.02. The van der Waals surface area contributed by atoms with Crippen molar-refractivity contribution in [2.45, 2.75) is 10.8 Å². The molecule has 2 rings (SSSR count). The first kappa shape index (κ1) is 12.3. The molecule has 0 fully saturated rings. The van der Waals surface area contributed by atoms with Crippen molar-refractivity contribution in [1.29, 1.82) is 5.26 Å².